The Morgan fingerprint density at radius 3 is 2.45 bits per heavy atom. The fourth-order valence-corrected chi connectivity index (χ4v) is 2.97. The molecule has 1 rings (SSSR count). The van der Waals surface area contributed by atoms with Crippen LogP contribution in [0.2, 0.25) is 0 Å². The van der Waals surface area contributed by atoms with E-state index in [0.717, 1.165) is 0 Å². The monoisotopic (exact) mass is 316 g/mol. The predicted molar refractivity (Wildman–Crippen MR) is 83.4 cm³/mol. The number of benzene rings is 1. The van der Waals surface area contributed by atoms with Gasteiger partial charge in [0.25, 0.3) is 0 Å². The second kappa shape index (κ2) is 6.15. The number of nitrogens with two attached hydrogens (primary N) is 1. The van der Waals surface area contributed by atoms with Crippen LogP contribution >= 0.6 is 11.8 Å². The first kappa shape index (κ1) is 17.0. The molecule has 0 aliphatic carbocycles. The average molecular weight is 316 g/mol. The highest BCUT2D eigenvalue weighted by Crippen LogP contribution is 2.25. The lowest BCUT2D eigenvalue weighted by atomic mass is 10.2. The summed E-state index contributed by atoms with van der Waals surface area (Å²) < 4.78 is 22.8. The zero-order valence-corrected chi connectivity index (χ0v) is 13.7. The maximum Gasteiger partial charge on any atom is 0.238 e. The largest absolute Gasteiger partial charge is 0.325 e. The van der Waals surface area contributed by atoms with Crippen molar-refractivity contribution in [2.45, 2.75) is 37.3 Å². The summed E-state index contributed by atoms with van der Waals surface area (Å²) >= 11 is 1.52. The topological polar surface area (TPSA) is 89.3 Å². The smallest absolute Gasteiger partial charge is 0.238 e. The summed E-state index contributed by atoms with van der Waals surface area (Å²) in [6.07, 6.45) is 0. The first-order valence-electron chi connectivity index (χ1n) is 6.07. The number of amides is 1. The normalized spacial score (nSPS) is 12.2. The van der Waals surface area contributed by atoms with E-state index < -0.39 is 10.0 Å². The molecule has 0 radical (unpaired) electrons. The van der Waals surface area contributed by atoms with E-state index in [1.807, 2.05) is 20.8 Å². The number of carbonyl (C=O) groups excluding carboxylic acids is 1. The molecule has 5 nitrogen and oxygen atoms in total. The highest BCUT2D eigenvalue weighted by molar-refractivity contribution is 8.01. The van der Waals surface area contributed by atoms with Crippen LogP contribution in [0.3, 0.4) is 0 Å². The van der Waals surface area contributed by atoms with E-state index in [4.69, 9.17) is 5.14 Å². The zero-order valence-electron chi connectivity index (χ0n) is 12.1. The Kier molecular flexibility index (Phi) is 5.23. The van der Waals surface area contributed by atoms with Gasteiger partial charge < -0.3 is 5.32 Å². The van der Waals surface area contributed by atoms with Crippen LogP contribution in [-0.2, 0) is 14.8 Å². The van der Waals surface area contributed by atoms with E-state index >= 15 is 0 Å². The standard InChI is InChI=1S/C13H20N2O3S2/c1-9-10(6-5-7-11(9)20(14,17)18)15-12(16)8-19-13(2,3)4/h5-7H,8H2,1-4H3,(H,15,16)(H2,14,17,18). The third-order valence-electron chi connectivity index (χ3n) is 2.50. The lowest BCUT2D eigenvalue weighted by molar-refractivity contribution is -0.113. The number of nitrogens with one attached hydrogen (secondary N) is 1. The molecule has 0 aromatic heterocycles. The Hall–Kier alpha value is -1.05. The van der Waals surface area contributed by atoms with Crippen LogP contribution in [0.1, 0.15) is 26.3 Å². The number of anilines is 1. The maximum atomic E-state index is 11.9. The van der Waals surface area contributed by atoms with Crippen molar-refractivity contribution in [2.24, 2.45) is 5.14 Å². The lowest BCUT2D eigenvalue weighted by Gasteiger charge is -2.17. The second-order valence-corrected chi connectivity index (χ2v) is 8.75. The van der Waals surface area contributed by atoms with Crippen LogP contribution in [0.4, 0.5) is 5.69 Å². The highest BCUT2D eigenvalue weighted by Gasteiger charge is 2.17. The van der Waals surface area contributed by atoms with E-state index in [2.05, 4.69) is 5.32 Å². The van der Waals surface area contributed by atoms with Gasteiger partial charge in [0.15, 0.2) is 0 Å². The van der Waals surface area contributed by atoms with Gasteiger partial charge in [-0.15, -0.1) is 11.8 Å². The number of hydrogen-bond donors (Lipinski definition) is 2. The molecule has 20 heavy (non-hydrogen) atoms. The first-order chi connectivity index (χ1) is 9.00. The van der Waals surface area contributed by atoms with E-state index in [-0.39, 0.29) is 15.5 Å². The van der Waals surface area contributed by atoms with E-state index in [1.54, 1.807) is 19.1 Å². The quantitative estimate of drug-likeness (QED) is 0.890. The first-order valence-corrected chi connectivity index (χ1v) is 8.60. The zero-order chi connectivity index (χ0) is 15.6. The molecular weight excluding hydrogens is 296 g/mol. The molecule has 1 amide bonds. The van der Waals surface area contributed by atoms with Crippen molar-refractivity contribution in [3.05, 3.63) is 23.8 Å². The van der Waals surface area contributed by atoms with E-state index in [9.17, 15) is 13.2 Å². The summed E-state index contributed by atoms with van der Waals surface area (Å²) in [5, 5.41) is 7.84. The highest BCUT2D eigenvalue weighted by atomic mass is 32.2. The molecule has 7 heteroatoms. The third kappa shape index (κ3) is 5.15. The molecule has 1 aromatic carbocycles. The van der Waals surface area contributed by atoms with Gasteiger partial charge in [0.1, 0.15) is 0 Å². The minimum Gasteiger partial charge on any atom is -0.325 e. The van der Waals surface area contributed by atoms with Gasteiger partial charge in [-0.3, -0.25) is 4.79 Å². The number of rotatable bonds is 4. The van der Waals surface area contributed by atoms with Gasteiger partial charge in [-0.25, -0.2) is 13.6 Å². The van der Waals surface area contributed by atoms with Crippen LogP contribution in [0.25, 0.3) is 0 Å². The molecule has 0 bridgehead atoms. The van der Waals surface area contributed by atoms with E-state index in [0.29, 0.717) is 17.0 Å². The van der Waals surface area contributed by atoms with Crippen molar-refractivity contribution in [3.63, 3.8) is 0 Å². The van der Waals surface area contributed by atoms with Crippen LogP contribution < -0.4 is 10.5 Å². The number of primary sulfonamides is 1. The SMILES string of the molecule is Cc1c(NC(=O)CSC(C)(C)C)cccc1S(N)(=O)=O. The van der Waals surface area contributed by atoms with Crippen molar-refractivity contribution >= 4 is 33.4 Å². The number of carbonyl (C=O) groups is 1. The maximum absolute atomic E-state index is 11.9. The van der Waals surface area contributed by atoms with Crippen LogP contribution in [-0.4, -0.2) is 24.8 Å². The molecule has 1 aromatic rings. The van der Waals surface area contributed by atoms with E-state index in [1.165, 1.54) is 17.8 Å². The number of sulfonamides is 1. The molecule has 0 spiro atoms. The molecule has 0 saturated carbocycles. The number of hydrogen-bond acceptors (Lipinski definition) is 4. The Morgan fingerprint density at radius 1 is 1.35 bits per heavy atom. The van der Waals surface area contributed by atoms with Crippen molar-refractivity contribution < 1.29 is 13.2 Å². The Balaban J connectivity index is 2.87. The van der Waals surface area contributed by atoms with Gasteiger partial charge in [0.2, 0.25) is 15.9 Å². The summed E-state index contributed by atoms with van der Waals surface area (Å²) in [6.45, 7) is 7.69. The molecule has 0 atom stereocenters. The average Bonchev–Trinajstić information content (AvgIpc) is 2.27. The molecule has 0 aliphatic rings. The summed E-state index contributed by atoms with van der Waals surface area (Å²) in [7, 11) is -3.78. The predicted octanol–water partition coefficient (Wildman–Crippen LogP) is 2.11. The van der Waals surface area contributed by atoms with Gasteiger partial charge >= 0.3 is 0 Å². The van der Waals surface area contributed by atoms with Gasteiger partial charge in [0, 0.05) is 10.4 Å². The summed E-state index contributed by atoms with van der Waals surface area (Å²) in [5.41, 5.74) is 0.917. The lowest BCUT2D eigenvalue weighted by Crippen LogP contribution is -2.20. The molecule has 112 valence electrons. The van der Waals surface area contributed by atoms with Crippen LogP contribution in [0, 0.1) is 6.92 Å². The Morgan fingerprint density at radius 2 is 1.95 bits per heavy atom. The van der Waals surface area contributed by atoms with Gasteiger partial charge in [-0.05, 0) is 24.6 Å². The van der Waals surface area contributed by atoms with Crippen molar-refractivity contribution in [1.82, 2.24) is 0 Å². The van der Waals surface area contributed by atoms with Crippen LogP contribution in [0.5, 0.6) is 0 Å². The molecule has 0 heterocycles. The Labute approximate surface area is 124 Å². The summed E-state index contributed by atoms with van der Waals surface area (Å²) in [5.74, 6) is 0.141. The number of thioether (sulfide) groups is 1. The van der Waals surface area contributed by atoms with Gasteiger partial charge in [-0.2, -0.15) is 0 Å². The molecule has 0 aliphatic heterocycles. The minimum atomic E-state index is -3.78. The molecular formula is C13H20N2O3S2. The summed E-state index contributed by atoms with van der Waals surface area (Å²) in [6, 6.07) is 4.63. The molecule has 0 unspecified atom stereocenters. The minimum absolute atomic E-state index is 0.00513. The fourth-order valence-electron chi connectivity index (χ4n) is 1.53. The van der Waals surface area contributed by atoms with Crippen LogP contribution in [0.15, 0.2) is 23.1 Å². The fraction of sp³-hybridized carbons (Fsp3) is 0.462. The van der Waals surface area contributed by atoms with Gasteiger partial charge in [-0.1, -0.05) is 26.8 Å². The molecule has 0 saturated heterocycles. The van der Waals surface area contributed by atoms with Crippen molar-refractivity contribution in [3.8, 4) is 0 Å². The van der Waals surface area contributed by atoms with Crippen molar-refractivity contribution in [2.75, 3.05) is 11.1 Å². The molecule has 0 fully saturated rings. The van der Waals surface area contributed by atoms with Crippen molar-refractivity contribution in [1.29, 1.82) is 0 Å². The van der Waals surface area contributed by atoms with Gasteiger partial charge in [0.05, 0.1) is 10.6 Å². The molecule has 3 N–H and O–H groups in total. The second-order valence-electron chi connectivity index (χ2n) is 5.42. The summed E-state index contributed by atoms with van der Waals surface area (Å²) in [4.78, 5) is 11.9. The Bertz CT molecular complexity index is 605. The third-order valence-corrected chi connectivity index (χ3v) is 4.83.